The molecule has 2 rings (SSSR count). The van der Waals surface area contributed by atoms with Gasteiger partial charge in [-0.05, 0) is 0 Å². The van der Waals surface area contributed by atoms with Crippen molar-refractivity contribution in [2.24, 2.45) is 0 Å². The summed E-state index contributed by atoms with van der Waals surface area (Å²) < 4.78 is 11.8. The monoisotopic (exact) mass is 242 g/mol. The van der Waals surface area contributed by atoms with E-state index in [-0.39, 0.29) is 0 Å². The predicted octanol–water partition coefficient (Wildman–Crippen LogP) is 1.91. The van der Waals surface area contributed by atoms with Crippen LogP contribution in [0.25, 0.3) is 9.65 Å². The van der Waals surface area contributed by atoms with Crippen molar-refractivity contribution >= 4 is 24.1 Å². The van der Waals surface area contributed by atoms with Gasteiger partial charge in [0, 0.05) is 0 Å². The molecule has 2 aromatic rings. The van der Waals surface area contributed by atoms with Gasteiger partial charge in [0.2, 0.25) is 0 Å². The molecule has 1 aromatic heterocycles. The first-order valence-electron chi connectivity index (χ1n) is 3.94. The molecule has 0 aliphatic rings. The zero-order chi connectivity index (χ0) is 9.26. The van der Waals surface area contributed by atoms with Crippen LogP contribution in [0, 0.1) is 0 Å². The molecule has 1 heterocycles. The normalized spacial score (nSPS) is 10.3. The SMILES string of the molecule is COc1cc2cc[se]c2cc1OC. The molecule has 0 atom stereocenters. The van der Waals surface area contributed by atoms with Crippen LogP contribution in [0.2, 0.25) is 0 Å². The van der Waals surface area contributed by atoms with E-state index in [0.717, 1.165) is 11.5 Å². The molecule has 0 bridgehead atoms. The number of methoxy groups -OCH3 is 2. The van der Waals surface area contributed by atoms with E-state index in [9.17, 15) is 0 Å². The van der Waals surface area contributed by atoms with Gasteiger partial charge in [-0.2, -0.15) is 0 Å². The average molecular weight is 241 g/mol. The van der Waals surface area contributed by atoms with Gasteiger partial charge in [-0.25, -0.2) is 0 Å². The summed E-state index contributed by atoms with van der Waals surface area (Å²) in [5.74, 6) is 1.63. The van der Waals surface area contributed by atoms with Crippen LogP contribution in [0.15, 0.2) is 23.1 Å². The average Bonchev–Trinajstić information content (AvgIpc) is 2.62. The summed E-state index contributed by atoms with van der Waals surface area (Å²) >= 11 is 0.467. The van der Waals surface area contributed by atoms with Crippen LogP contribution in [-0.4, -0.2) is 28.7 Å². The molecular formula is C10H10O2Se. The molecule has 0 aliphatic carbocycles. The number of fused-ring (bicyclic) bond motifs is 1. The Kier molecular flexibility index (Phi) is 2.30. The van der Waals surface area contributed by atoms with Gasteiger partial charge in [-0.15, -0.1) is 0 Å². The van der Waals surface area contributed by atoms with Gasteiger partial charge in [0.1, 0.15) is 0 Å². The van der Waals surface area contributed by atoms with Crippen LogP contribution >= 0.6 is 0 Å². The molecule has 0 N–H and O–H groups in total. The van der Waals surface area contributed by atoms with Crippen molar-refractivity contribution in [3.8, 4) is 11.5 Å². The summed E-state index contributed by atoms with van der Waals surface area (Å²) in [6.45, 7) is 0. The zero-order valence-electron chi connectivity index (χ0n) is 7.53. The molecule has 1 aromatic carbocycles. The van der Waals surface area contributed by atoms with Gasteiger partial charge in [-0.1, -0.05) is 0 Å². The third-order valence-corrected chi connectivity index (χ3v) is 3.80. The second-order valence-electron chi connectivity index (χ2n) is 2.67. The Morgan fingerprint density at radius 3 is 2.46 bits per heavy atom. The number of hydrogen-bond acceptors (Lipinski definition) is 2. The fraction of sp³-hybridized carbons (Fsp3) is 0.200. The summed E-state index contributed by atoms with van der Waals surface area (Å²) in [6, 6.07) is 6.23. The van der Waals surface area contributed by atoms with Gasteiger partial charge in [-0.3, -0.25) is 0 Å². The van der Waals surface area contributed by atoms with Gasteiger partial charge in [0.25, 0.3) is 0 Å². The maximum atomic E-state index is 5.22. The molecule has 0 spiro atoms. The van der Waals surface area contributed by atoms with E-state index >= 15 is 0 Å². The van der Waals surface area contributed by atoms with Gasteiger partial charge in [0.05, 0.1) is 0 Å². The third-order valence-electron chi connectivity index (χ3n) is 1.96. The van der Waals surface area contributed by atoms with E-state index in [1.807, 2.05) is 6.07 Å². The predicted molar refractivity (Wildman–Crippen MR) is 54.0 cm³/mol. The van der Waals surface area contributed by atoms with E-state index in [4.69, 9.17) is 9.47 Å². The van der Waals surface area contributed by atoms with Crippen molar-refractivity contribution in [1.82, 2.24) is 0 Å². The number of ether oxygens (including phenoxy) is 2. The second kappa shape index (κ2) is 3.44. The number of benzene rings is 1. The molecule has 0 unspecified atom stereocenters. The molecule has 3 heteroatoms. The van der Waals surface area contributed by atoms with Crippen molar-refractivity contribution in [3.63, 3.8) is 0 Å². The first-order chi connectivity index (χ1) is 6.35. The number of rotatable bonds is 2. The summed E-state index contributed by atoms with van der Waals surface area (Å²) in [5, 5.41) is 1.26. The maximum absolute atomic E-state index is 5.22. The van der Waals surface area contributed by atoms with Crippen molar-refractivity contribution in [1.29, 1.82) is 0 Å². The van der Waals surface area contributed by atoms with Gasteiger partial charge >= 0.3 is 82.5 Å². The first-order valence-corrected chi connectivity index (χ1v) is 5.79. The van der Waals surface area contributed by atoms with E-state index < -0.39 is 0 Å². The third kappa shape index (κ3) is 1.45. The number of hydrogen-bond donors (Lipinski definition) is 0. The molecule has 0 saturated heterocycles. The van der Waals surface area contributed by atoms with E-state index in [0.29, 0.717) is 14.5 Å². The summed E-state index contributed by atoms with van der Waals surface area (Å²) in [6.07, 6.45) is 0. The van der Waals surface area contributed by atoms with Crippen molar-refractivity contribution in [3.05, 3.63) is 23.1 Å². The Morgan fingerprint density at radius 2 is 1.77 bits per heavy atom. The molecule has 0 amide bonds. The summed E-state index contributed by atoms with van der Waals surface area (Å²) in [5.41, 5.74) is 0. The minimum absolute atomic E-state index is 0.467. The van der Waals surface area contributed by atoms with Crippen LogP contribution in [0.5, 0.6) is 11.5 Å². The Balaban J connectivity index is 2.67. The zero-order valence-corrected chi connectivity index (χ0v) is 9.25. The quantitative estimate of drug-likeness (QED) is 0.748. The van der Waals surface area contributed by atoms with Crippen LogP contribution in [0.1, 0.15) is 0 Å². The molecular weight excluding hydrogens is 231 g/mol. The molecule has 13 heavy (non-hydrogen) atoms. The molecule has 0 radical (unpaired) electrons. The van der Waals surface area contributed by atoms with E-state index in [2.05, 4.69) is 17.1 Å². The second-order valence-corrected chi connectivity index (χ2v) is 4.65. The topological polar surface area (TPSA) is 18.5 Å². The Hall–Kier alpha value is -0.921. The molecule has 2 nitrogen and oxygen atoms in total. The standard InChI is InChI=1S/C10H10O2Se/c1-11-8-5-7-3-4-13-10(7)6-9(8)12-2/h3-6H,1-2H3. The molecule has 0 saturated carbocycles. The van der Waals surface area contributed by atoms with Crippen molar-refractivity contribution in [2.45, 2.75) is 0 Å². The molecule has 68 valence electrons. The van der Waals surface area contributed by atoms with Crippen LogP contribution < -0.4 is 9.47 Å². The Labute approximate surface area is 82.8 Å². The molecule has 0 aliphatic heterocycles. The first kappa shape index (κ1) is 8.67. The van der Waals surface area contributed by atoms with Crippen molar-refractivity contribution < 1.29 is 9.47 Å². The molecule has 0 fully saturated rings. The summed E-state index contributed by atoms with van der Waals surface area (Å²) in [4.78, 5) is 2.20. The Morgan fingerprint density at radius 1 is 1.08 bits per heavy atom. The van der Waals surface area contributed by atoms with Gasteiger partial charge < -0.3 is 0 Å². The minimum atomic E-state index is 0.467. The van der Waals surface area contributed by atoms with Crippen LogP contribution in [0.3, 0.4) is 0 Å². The fourth-order valence-corrected chi connectivity index (χ4v) is 2.97. The van der Waals surface area contributed by atoms with Crippen LogP contribution in [0.4, 0.5) is 0 Å². The van der Waals surface area contributed by atoms with Gasteiger partial charge in [0.15, 0.2) is 0 Å². The Bertz CT molecular complexity index is 382. The fourth-order valence-electron chi connectivity index (χ4n) is 1.29. The van der Waals surface area contributed by atoms with Crippen molar-refractivity contribution in [2.75, 3.05) is 14.2 Å². The van der Waals surface area contributed by atoms with E-state index in [1.165, 1.54) is 9.65 Å². The summed E-state index contributed by atoms with van der Waals surface area (Å²) in [7, 11) is 3.33. The van der Waals surface area contributed by atoms with Crippen LogP contribution in [-0.2, 0) is 0 Å². The van der Waals surface area contributed by atoms with E-state index in [1.54, 1.807) is 14.2 Å².